The lowest BCUT2D eigenvalue weighted by molar-refractivity contribution is 0.0772. The van der Waals surface area contributed by atoms with Crippen molar-refractivity contribution in [3.63, 3.8) is 0 Å². The second-order valence-corrected chi connectivity index (χ2v) is 2.90. The molecule has 0 unspecified atom stereocenters. The molecular formula is C11H13FNO. The highest BCUT2D eigenvalue weighted by Crippen LogP contribution is 2.06. The van der Waals surface area contributed by atoms with Crippen LogP contribution in [0, 0.1) is 11.9 Å². The summed E-state index contributed by atoms with van der Waals surface area (Å²) in [4.78, 5) is 13.3. The molecule has 0 atom stereocenters. The molecular weight excluding hydrogens is 181 g/mol. The fourth-order valence-electron chi connectivity index (χ4n) is 1.24. The SMILES string of the molecule is CCN(CC)C(=O)c1[c]ccc(F)c1. The standard InChI is InChI=1S/C11H13FNO/c1-3-13(4-2)11(14)9-6-5-7-10(12)8-9/h5,7-8H,3-4H2,1-2H3. The summed E-state index contributed by atoms with van der Waals surface area (Å²) in [6, 6.07) is 6.64. The topological polar surface area (TPSA) is 20.3 Å². The fraction of sp³-hybridized carbons (Fsp3) is 0.364. The first-order valence-corrected chi connectivity index (χ1v) is 4.65. The third-order valence-electron chi connectivity index (χ3n) is 2.04. The molecule has 1 radical (unpaired) electrons. The molecule has 0 aromatic heterocycles. The van der Waals surface area contributed by atoms with E-state index in [4.69, 9.17) is 0 Å². The Bertz CT molecular complexity index is 321. The van der Waals surface area contributed by atoms with Crippen molar-refractivity contribution in [2.24, 2.45) is 0 Å². The van der Waals surface area contributed by atoms with Gasteiger partial charge in [0.1, 0.15) is 5.82 Å². The Hall–Kier alpha value is -1.38. The number of halogens is 1. The largest absolute Gasteiger partial charge is 0.339 e. The van der Waals surface area contributed by atoms with Crippen LogP contribution >= 0.6 is 0 Å². The van der Waals surface area contributed by atoms with E-state index in [0.717, 1.165) is 0 Å². The van der Waals surface area contributed by atoms with Crippen LogP contribution in [-0.2, 0) is 0 Å². The highest BCUT2D eigenvalue weighted by Gasteiger charge is 2.12. The van der Waals surface area contributed by atoms with Gasteiger partial charge in [-0.2, -0.15) is 0 Å². The number of carbonyl (C=O) groups excluding carboxylic acids is 1. The van der Waals surface area contributed by atoms with E-state index in [2.05, 4.69) is 6.07 Å². The average molecular weight is 194 g/mol. The Morgan fingerprint density at radius 3 is 2.64 bits per heavy atom. The quantitative estimate of drug-likeness (QED) is 0.721. The van der Waals surface area contributed by atoms with E-state index in [0.29, 0.717) is 13.1 Å². The predicted molar refractivity (Wildman–Crippen MR) is 52.5 cm³/mol. The van der Waals surface area contributed by atoms with E-state index in [9.17, 15) is 9.18 Å². The number of nitrogens with zero attached hydrogens (tertiary/aromatic N) is 1. The summed E-state index contributed by atoms with van der Waals surface area (Å²) in [5.74, 6) is -0.575. The van der Waals surface area contributed by atoms with E-state index >= 15 is 0 Å². The normalized spacial score (nSPS) is 9.93. The van der Waals surface area contributed by atoms with Crippen molar-refractivity contribution < 1.29 is 9.18 Å². The van der Waals surface area contributed by atoms with Gasteiger partial charge in [-0.15, -0.1) is 0 Å². The molecule has 0 spiro atoms. The first-order chi connectivity index (χ1) is 6.69. The molecule has 0 aliphatic rings. The Morgan fingerprint density at radius 2 is 2.14 bits per heavy atom. The number of rotatable bonds is 3. The summed E-state index contributed by atoms with van der Waals surface area (Å²) >= 11 is 0. The van der Waals surface area contributed by atoms with E-state index in [-0.39, 0.29) is 11.5 Å². The number of hydrogen-bond acceptors (Lipinski definition) is 1. The lowest BCUT2D eigenvalue weighted by Crippen LogP contribution is -2.30. The Labute approximate surface area is 83.3 Å². The van der Waals surface area contributed by atoms with Crippen LogP contribution in [0.1, 0.15) is 24.2 Å². The summed E-state index contributed by atoms with van der Waals surface area (Å²) in [5.41, 5.74) is 0.286. The van der Waals surface area contributed by atoms with Crippen molar-refractivity contribution in [1.82, 2.24) is 4.90 Å². The fourth-order valence-corrected chi connectivity index (χ4v) is 1.24. The van der Waals surface area contributed by atoms with Gasteiger partial charge >= 0.3 is 0 Å². The Balaban J connectivity index is 2.88. The number of amides is 1. The van der Waals surface area contributed by atoms with E-state index < -0.39 is 5.82 Å². The van der Waals surface area contributed by atoms with Gasteiger partial charge in [0.15, 0.2) is 0 Å². The average Bonchev–Trinajstić information content (AvgIpc) is 2.19. The van der Waals surface area contributed by atoms with E-state index in [1.165, 1.54) is 18.2 Å². The van der Waals surface area contributed by atoms with Gasteiger partial charge in [0.2, 0.25) is 0 Å². The van der Waals surface area contributed by atoms with Crippen LogP contribution in [0.5, 0.6) is 0 Å². The van der Waals surface area contributed by atoms with Gasteiger partial charge in [-0.05, 0) is 32.0 Å². The van der Waals surface area contributed by atoms with Gasteiger partial charge in [-0.3, -0.25) is 4.79 Å². The molecule has 2 nitrogen and oxygen atoms in total. The number of hydrogen-bond donors (Lipinski definition) is 0. The molecule has 1 rings (SSSR count). The van der Waals surface area contributed by atoms with Crippen molar-refractivity contribution in [2.75, 3.05) is 13.1 Å². The summed E-state index contributed by atoms with van der Waals surface area (Å²) in [6.07, 6.45) is 0. The van der Waals surface area contributed by atoms with Gasteiger partial charge < -0.3 is 4.90 Å². The van der Waals surface area contributed by atoms with Gasteiger partial charge in [-0.25, -0.2) is 4.39 Å². The highest BCUT2D eigenvalue weighted by molar-refractivity contribution is 5.93. The summed E-state index contributed by atoms with van der Waals surface area (Å²) in [6.45, 7) is 5.03. The van der Waals surface area contributed by atoms with Crippen molar-refractivity contribution in [2.45, 2.75) is 13.8 Å². The van der Waals surface area contributed by atoms with E-state index in [1.807, 2.05) is 13.8 Å². The minimum Gasteiger partial charge on any atom is -0.339 e. The van der Waals surface area contributed by atoms with Gasteiger partial charge in [0.25, 0.3) is 5.91 Å². The van der Waals surface area contributed by atoms with Crippen molar-refractivity contribution in [3.05, 3.63) is 35.6 Å². The second-order valence-electron chi connectivity index (χ2n) is 2.90. The monoisotopic (exact) mass is 194 g/mol. The molecule has 0 aliphatic heterocycles. The van der Waals surface area contributed by atoms with Crippen molar-refractivity contribution in [3.8, 4) is 0 Å². The van der Waals surface area contributed by atoms with Crippen LogP contribution in [-0.4, -0.2) is 23.9 Å². The lowest BCUT2D eigenvalue weighted by atomic mass is 10.2. The van der Waals surface area contributed by atoms with Crippen molar-refractivity contribution >= 4 is 5.91 Å². The van der Waals surface area contributed by atoms with Crippen molar-refractivity contribution in [1.29, 1.82) is 0 Å². The molecule has 14 heavy (non-hydrogen) atoms. The molecule has 0 saturated heterocycles. The third kappa shape index (κ3) is 2.31. The number of benzene rings is 1. The maximum atomic E-state index is 12.8. The summed E-state index contributed by atoms with van der Waals surface area (Å²) in [5, 5.41) is 0. The first-order valence-electron chi connectivity index (χ1n) is 4.65. The maximum Gasteiger partial charge on any atom is 0.254 e. The van der Waals surface area contributed by atoms with Crippen LogP contribution < -0.4 is 0 Å². The molecule has 3 heteroatoms. The summed E-state index contributed by atoms with van der Waals surface area (Å²) in [7, 11) is 0. The maximum absolute atomic E-state index is 12.8. The first kappa shape index (κ1) is 10.7. The van der Waals surface area contributed by atoms with Crippen LogP contribution in [0.2, 0.25) is 0 Å². The molecule has 1 aromatic carbocycles. The van der Waals surface area contributed by atoms with Crippen LogP contribution in [0.15, 0.2) is 18.2 Å². The highest BCUT2D eigenvalue weighted by atomic mass is 19.1. The predicted octanol–water partition coefficient (Wildman–Crippen LogP) is 2.11. The molecule has 0 N–H and O–H groups in total. The molecule has 0 heterocycles. The molecule has 0 aliphatic carbocycles. The minimum atomic E-state index is -0.403. The lowest BCUT2D eigenvalue weighted by Gasteiger charge is -2.18. The molecule has 0 fully saturated rings. The van der Waals surface area contributed by atoms with Gasteiger partial charge in [0, 0.05) is 13.1 Å². The zero-order chi connectivity index (χ0) is 10.6. The van der Waals surface area contributed by atoms with Crippen LogP contribution in [0.25, 0.3) is 0 Å². The smallest absolute Gasteiger partial charge is 0.254 e. The molecule has 0 bridgehead atoms. The van der Waals surface area contributed by atoms with Crippen LogP contribution in [0.4, 0.5) is 4.39 Å². The molecule has 0 saturated carbocycles. The Morgan fingerprint density at radius 1 is 1.50 bits per heavy atom. The third-order valence-corrected chi connectivity index (χ3v) is 2.04. The minimum absolute atomic E-state index is 0.172. The van der Waals surface area contributed by atoms with E-state index in [1.54, 1.807) is 4.90 Å². The zero-order valence-corrected chi connectivity index (χ0v) is 8.38. The zero-order valence-electron chi connectivity index (χ0n) is 8.38. The summed E-state index contributed by atoms with van der Waals surface area (Å²) < 4.78 is 12.8. The Kier molecular flexibility index (Phi) is 3.63. The number of carbonyl (C=O) groups is 1. The molecule has 75 valence electrons. The van der Waals surface area contributed by atoms with Gasteiger partial charge in [0.05, 0.1) is 5.56 Å². The van der Waals surface area contributed by atoms with Crippen LogP contribution in [0.3, 0.4) is 0 Å². The second kappa shape index (κ2) is 4.74. The van der Waals surface area contributed by atoms with Gasteiger partial charge in [-0.1, -0.05) is 6.07 Å². The molecule has 1 amide bonds. The molecule has 1 aromatic rings.